The summed E-state index contributed by atoms with van der Waals surface area (Å²) in [7, 11) is 0. The van der Waals surface area contributed by atoms with E-state index in [2.05, 4.69) is 0 Å². The summed E-state index contributed by atoms with van der Waals surface area (Å²) in [5.74, 6) is 0. The SMILES string of the molecule is [2H]c1c([2H])c(-c2c3c([2H])c([2H])c([2H])c([2H])c3c(-c3c([2H])c([2H])c([2H])c4c([2H])c([2H])c([2H])c([2H])c34)c3c([2H])c([2H])c(-c4cc([2H])c5c([2H])c([2H])c([2H])c([2H])c5c4[2H])c([2H])c23)c([2H])c([2H])c1-c1c([2H])c([2H])c2c([2H])c([2H])c([2H])c([2H])c2c1[2H]. The molecule has 0 nitrogen and oxygen atoms in total. The van der Waals surface area contributed by atoms with Crippen molar-refractivity contribution in [2.45, 2.75) is 0 Å². The van der Waals surface area contributed by atoms with Crippen molar-refractivity contribution in [2.24, 2.45) is 0 Å². The molecule has 0 N–H and O–H groups in total. The highest BCUT2D eigenvalue weighted by Gasteiger charge is 2.19. The van der Waals surface area contributed by atoms with Crippen LogP contribution in [0.4, 0.5) is 0 Å². The molecule has 50 heavy (non-hydrogen) atoms. The first-order valence-electron chi connectivity index (χ1n) is 30.3. The van der Waals surface area contributed by atoms with Crippen LogP contribution in [0, 0.1) is 0 Å². The van der Waals surface area contributed by atoms with Crippen LogP contribution in [-0.2, 0) is 0 Å². The minimum Gasteiger partial charge on any atom is -0.0616 e. The predicted molar refractivity (Wildman–Crippen MR) is 216 cm³/mol. The second kappa shape index (κ2) is 11.6. The molecule has 0 amide bonds. The Morgan fingerprint density at radius 2 is 0.760 bits per heavy atom. The number of benzene rings is 10. The molecule has 0 saturated carbocycles. The molecule has 0 aromatic heterocycles. The van der Waals surface area contributed by atoms with Gasteiger partial charge in [0, 0.05) is 0 Å². The van der Waals surface area contributed by atoms with Crippen molar-refractivity contribution < 1.29 is 42.5 Å². The summed E-state index contributed by atoms with van der Waals surface area (Å²) in [6, 6.07) is -28.9. The van der Waals surface area contributed by atoms with Gasteiger partial charge in [-0.2, -0.15) is 0 Å². The molecule has 0 radical (unpaired) electrons. The normalized spacial score (nSPS) is 20.3. The first-order chi connectivity index (χ1) is 37.7. The molecule has 0 aliphatic carbocycles. The average molecular weight is 664 g/mol. The third kappa shape index (κ3) is 4.69. The molecule has 0 bridgehead atoms. The number of hydrogen-bond donors (Lipinski definition) is 0. The van der Waals surface area contributed by atoms with E-state index in [4.69, 9.17) is 24.7 Å². The molecule has 0 atom stereocenters. The maximum atomic E-state index is 10.2. The Bertz CT molecular complexity index is 4660. The lowest BCUT2D eigenvalue weighted by atomic mass is 9.83. The molecular formula is C50H32. The van der Waals surface area contributed by atoms with Gasteiger partial charge in [-0.3, -0.25) is 0 Å². The van der Waals surface area contributed by atoms with Crippen LogP contribution in [0.25, 0.3) is 98.4 Å². The van der Waals surface area contributed by atoms with Crippen molar-refractivity contribution in [3.05, 3.63) is 193 Å². The van der Waals surface area contributed by atoms with Crippen LogP contribution in [0.3, 0.4) is 0 Å². The van der Waals surface area contributed by atoms with Gasteiger partial charge in [-0.05, 0) is 116 Å². The monoisotopic (exact) mass is 663 g/mol. The molecule has 0 spiro atoms. The Morgan fingerprint density at radius 3 is 1.52 bits per heavy atom. The highest BCUT2D eigenvalue weighted by atomic mass is 14.2. The van der Waals surface area contributed by atoms with Crippen LogP contribution in [0.15, 0.2) is 193 Å². The van der Waals surface area contributed by atoms with Crippen molar-refractivity contribution in [3.63, 3.8) is 0 Å². The molecule has 0 heterocycles. The molecule has 0 fully saturated rings. The molecular weight excluding hydrogens is 601 g/mol. The second-order valence-corrected chi connectivity index (χ2v) is 10.8. The number of fused-ring (bicyclic) bond motifs is 5. The minimum absolute atomic E-state index is 0.465. The second-order valence-electron chi connectivity index (χ2n) is 10.8. The van der Waals surface area contributed by atoms with Crippen LogP contribution >= 0.6 is 0 Å². The maximum Gasteiger partial charge on any atom is 0.0636 e. The Balaban J connectivity index is 1.53. The van der Waals surface area contributed by atoms with Gasteiger partial charge in [0.2, 0.25) is 0 Å². The predicted octanol–water partition coefficient (Wildman–Crippen LogP) is 14.1. The largest absolute Gasteiger partial charge is 0.0636 e. The summed E-state index contributed by atoms with van der Waals surface area (Å²) in [6.07, 6.45) is 0. The van der Waals surface area contributed by atoms with Gasteiger partial charge in [0.25, 0.3) is 0 Å². The van der Waals surface area contributed by atoms with E-state index in [1.165, 1.54) is 0 Å². The zero-order valence-electron chi connectivity index (χ0n) is 56.1. The molecule has 0 heteroatoms. The van der Waals surface area contributed by atoms with Crippen LogP contribution in [-0.4, -0.2) is 0 Å². The van der Waals surface area contributed by atoms with Crippen LogP contribution in [0.5, 0.6) is 0 Å². The Kier molecular flexibility index (Phi) is 2.61. The van der Waals surface area contributed by atoms with Crippen LogP contribution in [0.1, 0.15) is 42.5 Å². The van der Waals surface area contributed by atoms with Crippen molar-refractivity contribution in [2.75, 3.05) is 0 Å². The minimum atomic E-state index is -1.18. The van der Waals surface area contributed by atoms with E-state index >= 15 is 0 Å². The molecule has 0 saturated heterocycles. The summed E-state index contributed by atoms with van der Waals surface area (Å²) in [4.78, 5) is 0. The summed E-state index contributed by atoms with van der Waals surface area (Å²) >= 11 is 0. The lowest BCUT2D eigenvalue weighted by molar-refractivity contribution is 1.62. The summed E-state index contributed by atoms with van der Waals surface area (Å²) in [5, 5.41) is -7.03. The third-order valence-corrected chi connectivity index (χ3v) is 8.01. The van der Waals surface area contributed by atoms with E-state index < -0.39 is 286 Å². The molecule has 10 rings (SSSR count). The highest BCUT2D eigenvalue weighted by molar-refractivity contribution is 6.24. The van der Waals surface area contributed by atoms with Gasteiger partial charge < -0.3 is 0 Å². The standard InChI is InChI=1S/C50H32/c1-3-13-38-30-40(26-22-33(38)10-1)35-20-24-37(25-21-35)49-45-17-7-8-18-46(45)50(44-19-9-15-36-12-5-6-16-43(36)44)47-29-28-42(32-48(47)49)41-27-23-34-11-2-4-14-39(34)31-41/h1-32H/i1D,2D,3D,4D,5D,6D,7D,8D,9D,10D,11D,12D,13D,14D,15D,16D,17D,18D,19D,20D,21D,22D,23D,24D,25D,26D,28D,29D,30D,31D,32D. The zero-order valence-corrected chi connectivity index (χ0v) is 25.1. The number of rotatable bonds is 4. The lowest BCUT2D eigenvalue weighted by Gasteiger charge is -2.20. The van der Waals surface area contributed by atoms with Crippen molar-refractivity contribution in [3.8, 4) is 44.5 Å². The van der Waals surface area contributed by atoms with E-state index in [1.807, 2.05) is 0 Å². The van der Waals surface area contributed by atoms with Crippen LogP contribution in [0.2, 0.25) is 0 Å². The molecule has 10 aromatic rings. The number of hydrogen-bond acceptors (Lipinski definition) is 0. The van der Waals surface area contributed by atoms with E-state index in [1.54, 1.807) is 0 Å². The maximum absolute atomic E-state index is 10.2. The van der Waals surface area contributed by atoms with Gasteiger partial charge in [-0.15, -0.1) is 0 Å². The van der Waals surface area contributed by atoms with E-state index in [-0.39, 0.29) is 0 Å². The van der Waals surface area contributed by atoms with Gasteiger partial charge in [0.1, 0.15) is 0 Å². The summed E-state index contributed by atoms with van der Waals surface area (Å²) in [6.45, 7) is 0. The topological polar surface area (TPSA) is 0 Å². The van der Waals surface area contributed by atoms with Gasteiger partial charge in [0.05, 0.1) is 42.5 Å². The Morgan fingerprint density at radius 1 is 0.260 bits per heavy atom. The Hall–Kier alpha value is -6.50. The Labute approximate surface area is 335 Å². The molecule has 0 unspecified atom stereocenters. The van der Waals surface area contributed by atoms with E-state index in [0.717, 1.165) is 6.07 Å². The van der Waals surface area contributed by atoms with Crippen molar-refractivity contribution in [1.82, 2.24) is 0 Å². The fourth-order valence-corrected chi connectivity index (χ4v) is 5.79. The fourth-order valence-electron chi connectivity index (χ4n) is 5.79. The van der Waals surface area contributed by atoms with Gasteiger partial charge >= 0.3 is 0 Å². The summed E-state index contributed by atoms with van der Waals surface area (Å²) in [5.41, 5.74) is -6.58. The van der Waals surface area contributed by atoms with Gasteiger partial charge in [-0.1, -0.05) is 175 Å². The first kappa shape index (κ1) is 11.3. The lowest BCUT2D eigenvalue weighted by Crippen LogP contribution is -1.92. The van der Waals surface area contributed by atoms with Crippen molar-refractivity contribution >= 4 is 53.9 Å². The molecule has 232 valence electrons. The van der Waals surface area contributed by atoms with Crippen molar-refractivity contribution in [1.29, 1.82) is 0 Å². The third-order valence-electron chi connectivity index (χ3n) is 8.01. The smallest absolute Gasteiger partial charge is 0.0616 e. The van der Waals surface area contributed by atoms with E-state index in [0.29, 0.717) is 0 Å². The van der Waals surface area contributed by atoms with Gasteiger partial charge in [-0.25, -0.2) is 0 Å². The quantitative estimate of drug-likeness (QED) is 0.164. The molecule has 10 aromatic carbocycles. The fraction of sp³-hybridized carbons (Fsp3) is 0. The highest BCUT2D eigenvalue weighted by Crippen LogP contribution is 2.46. The average Bonchev–Trinajstić information content (AvgIpc) is 3.57. The van der Waals surface area contributed by atoms with E-state index in [9.17, 15) is 17.8 Å². The van der Waals surface area contributed by atoms with Crippen LogP contribution < -0.4 is 0 Å². The first-order valence-corrected chi connectivity index (χ1v) is 14.8. The molecule has 0 aliphatic rings. The summed E-state index contributed by atoms with van der Waals surface area (Å²) < 4.78 is 281. The van der Waals surface area contributed by atoms with Gasteiger partial charge in [0.15, 0.2) is 0 Å². The zero-order chi connectivity index (χ0) is 60.0. The molecule has 0 aliphatic heterocycles.